The van der Waals surface area contributed by atoms with Crippen molar-refractivity contribution < 1.29 is 27.6 Å². The van der Waals surface area contributed by atoms with Crippen molar-refractivity contribution in [2.75, 3.05) is 18.4 Å². The minimum Gasteiger partial charge on any atom is -0.369 e. The summed E-state index contributed by atoms with van der Waals surface area (Å²) in [5.41, 5.74) is 3.48. The molecule has 6 nitrogen and oxygen atoms in total. The van der Waals surface area contributed by atoms with Crippen molar-refractivity contribution in [1.82, 2.24) is 4.90 Å². The highest BCUT2D eigenvalue weighted by Crippen LogP contribution is 2.36. The number of rotatable bonds is 2. The van der Waals surface area contributed by atoms with Crippen LogP contribution in [0.5, 0.6) is 0 Å². The molecule has 3 amide bonds. The molecule has 0 bridgehead atoms. The van der Waals surface area contributed by atoms with Gasteiger partial charge in [-0.2, -0.15) is 13.2 Å². The Balaban J connectivity index is 2.08. The Labute approximate surface area is 146 Å². The molecule has 10 heteroatoms. The van der Waals surface area contributed by atoms with E-state index in [4.69, 9.17) is 17.3 Å². The molecule has 0 saturated carbocycles. The van der Waals surface area contributed by atoms with Crippen molar-refractivity contribution in [2.24, 2.45) is 11.7 Å². The third-order valence-corrected chi connectivity index (χ3v) is 4.15. The van der Waals surface area contributed by atoms with Gasteiger partial charge in [0.05, 0.1) is 11.3 Å². The predicted molar refractivity (Wildman–Crippen MR) is 83.6 cm³/mol. The van der Waals surface area contributed by atoms with E-state index in [9.17, 15) is 27.6 Å². The number of alkyl halides is 3. The number of nitrogens with one attached hydrogen (secondary N) is 1. The third kappa shape index (κ3) is 4.62. The summed E-state index contributed by atoms with van der Waals surface area (Å²) in [5.74, 6) is -3.01. The van der Waals surface area contributed by atoms with Gasteiger partial charge in [-0.25, -0.2) is 0 Å². The van der Waals surface area contributed by atoms with Gasteiger partial charge >= 0.3 is 18.0 Å². The van der Waals surface area contributed by atoms with E-state index in [0.717, 1.165) is 6.07 Å². The molecule has 1 saturated heterocycles. The zero-order valence-electron chi connectivity index (χ0n) is 12.9. The van der Waals surface area contributed by atoms with Crippen LogP contribution in [0.25, 0.3) is 0 Å². The van der Waals surface area contributed by atoms with E-state index in [2.05, 4.69) is 0 Å². The Bertz CT molecular complexity index is 701. The van der Waals surface area contributed by atoms with Gasteiger partial charge in [0.2, 0.25) is 5.91 Å². The number of carbonyl (C=O) groups is 3. The van der Waals surface area contributed by atoms with Crippen LogP contribution >= 0.6 is 11.6 Å². The van der Waals surface area contributed by atoms with Gasteiger partial charge in [-0.15, -0.1) is 0 Å². The second-order valence-electron chi connectivity index (χ2n) is 5.61. The molecule has 1 aliphatic heterocycles. The van der Waals surface area contributed by atoms with Gasteiger partial charge in [0.25, 0.3) is 0 Å². The van der Waals surface area contributed by atoms with Crippen LogP contribution in [-0.2, 0) is 20.6 Å². The lowest BCUT2D eigenvalue weighted by Gasteiger charge is -2.30. The summed E-state index contributed by atoms with van der Waals surface area (Å²) in [5, 5.41) is 1.83. The van der Waals surface area contributed by atoms with Crippen molar-refractivity contribution in [3.8, 4) is 0 Å². The van der Waals surface area contributed by atoms with Crippen LogP contribution in [0.3, 0.4) is 0 Å². The molecule has 0 aliphatic carbocycles. The number of nitrogens with zero attached hydrogens (tertiary/aromatic N) is 1. The number of primary amides is 1. The van der Waals surface area contributed by atoms with Gasteiger partial charge in [-0.3, -0.25) is 14.4 Å². The molecule has 0 spiro atoms. The van der Waals surface area contributed by atoms with Crippen molar-refractivity contribution in [1.29, 1.82) is 0 Å². The topological polar surface area (TPSA) is 92.5 Å². The van der Waals surface area contributed by atoms with E-state index in [1.807, 2.05) is 5.32 Å². The first-order chi connectivity index (χ1) is 11.6. The van der Waals surface area contributed by atoms with E-state index < -0.39 is 35.1 Å². The lowest BCUT2D eigenvalue weighted by Crippen LogP contribution is -2.46. The second kappa shape index (κ2) is 7.30. The van der Waals surface area contributed by atoms with E-state index in [1.54, 1.807) is 0 Å². The summed E-state index contributed by atoms with van der Waals surface area (Å²) in [6, 6.07) is 2.82. The zero-order chi connectivity index (χ0) is 18.8. The van der Waals surface area contributed by atoms with Crippen LogP contribution in [0.4, 0.5) is 18.9 Å². The number of hydrogen-bond donors (Lipinski definition) is 2. The average molecular weight is 378 g/mol. The number of carbonyl (C=O) groups excluding carboxylic acids is 3. The molecule has 1 aromatic rings. The summed E-state index contributed by atoms with van der Waals surface area (Å²) in [4.78, 5) is 36.4. The average Bonchev–Trinajstić information content (AvgIpc) is 2.54. The first kappa shape index (κ1) is 19.0. The largest absolute Gasteiger partial charge is 0.418 e. The predicted octanol–water partition coefficient (Wildman–Crippen LogP) is 2.02. The van der Waals surface area contributed by atoms with Crippen LogP contribution in [0.1, 0.15) is 18.4 Å². The quantitative estimate of drug-likeness (QED) is 0.772. The molecule has 3 N–H and O–H groups in total. The number of anilines is 1. The van der Waals surface area contributed by atoms with Crippen LogP contribution < -0.4 is 11.1 Å². The molecule has 1 fully saturated rings. The molecule has 1 heterocycles. The maximum atomic E-state index is 13.0. The van der Waals surface area contributed by atoms with Crippen molar-refractivity contribution in [3.05, 3.63) is 28.8 Å². The lowest BCUT2D eigenvalue weighted by molar-refractivity contribution is -0.144. The number of piperidine rings is 1. The molecule has 0 aromatic heterocycles. The molecular formula is C15H15ClF3N3O3. The molecule has 0 unspecified atom stereocenters. The molecular weight excluding hydrogens is 363 g/mol. The molecule has 0 atom stereocenters. The second-order valence-corrected chi connectivity index (χ2v) is 6.05. The molecule has 136 valence electrons. The Morgan fingerprint density at radius 1 is 1.20 bits per heavy atom. The lowest BCUT2D eigenvalue weighted by atomic mass is 9.96. The third-order valence-electron chi connectivity index (χ3n) is 3.91. The number of amides is 3. The van der Waals surface area contributed by atoms with Crippen LogP contribution in [0.15, 0.2) is 18.2 Å². The Kier molecular flexibility index (Phi) is 5.56. The Hall–Kier alpha value is -2.29. The van der Waals surface area contributed by atoms with Crippen LogP contribution in [-0.4, -0.2) is 35.7 Å². The maximum Gasteiger partial charge on any atom is 0.418 e. The highest BCUT2D eigenvalue weighted by atomic mass is 35.5. The standard InChI is InChI=1S/C15H15ClF3N3O3/c16-9-1-2-11(10(7-9)15(17,18)19)21-13(24)14(25)22-5-3-8(4-6-22)12(20)23/h1-2,7-8H,3-6H2,(H2,20,23)(H,21,24). The highest BCUT2D eigenvalue weighted by Gasteiger charge is 2.35. The zero-order valence-corrected chi connectivity index (χ0v) is 13.7. The fourth-order valence-electron chi connectivity index (χ4n) is 2.55. The summed E-state index contributed by atoms with van der Waals surface area (Å²) in [7, 11) is 0. The normalized spacial score (nSPS) is 15.8. The van der Waals surface area contributed by atoms with Gasteiger partial charge in [0.1, 0.15) is 0 Å². The Morgan fingerprint density at radius 2 is 1.80 bits per heavy atom. The summed E-state index contributed by atoms with van der Waals surface area (Å²) >= 11 is 5.56. The van der Waals surface area contributed by atoms with Crippen molar-refractivity contribution >= 4 is 35.0 Å². The minimum atomic E-state index is -4.74. The summed E-state index contributed by atoms with van der Waals surface area (Å²) in [6.07, 6.45) is -4.12. The van der Waals surface area contributed by atoms with Gasteiger partial charge in [0.15, 0.2) is 0 Å². The summed E-state index contributed by atoms with van der Waals surface area (Å²) < 4.78 is 39.0. The SMILES string of the molecule is NC(=O)C1CCN(C(=O)C(=O)Nc2ccc(Cl)cc2C(F)(F)F)CC1. The van der Waals surface area contributed by atoms with E-state index >= 15 is 0 Å². The highest BCUT2D eigenvalue weighted by molar-refractivity contribution is 6.39. The molecule has 1 aliphatic rings. The number of benzene rings is 1. The number of nitrogens with two attached hydrogens (primary N) is 1. The Morgan fingerprint density at radius 3 is 2.32 bits per heavy atom. The monoisotopic (exact) mass is 377 g/mol. The first-order valence-electron chi connectivity index (χ1n) is 7.36. The minimum absolute atomic E-state index is 0.132. The fourth-order valence-corrected chi connectivity index (χ4v) is 2.72. The maximum absolute atomic E-state index is 13.0. The molecule has 25 heavy (non-hydrogen) atoms. The number of halogens is 4. The smallest absolute Gasteiger partial charge is 0.369 e. The first-order valence-corrected chi connectivity index (χ1v) is 7.73. The van der Waals surface area contributed by atoms with Crippen molar-refractivity contribution in [2.45, 2.75) is 19.0 Å². The van der Waals surface area contributed by atoms with Crippen LogP contribution in [0, 0.1) is 5.92 Å². The van der Waals surface area contributed by atoms with Crippen molar-refractivity contribution in [3.63, 3.8) is 0 Å². The van der Waals surface area contributed by atoms with E-state index in [-0.39, 0.29) is 24.0 Å². The van der Waals surface area contributed by atoms with E-state index in [1.165, 1.54) is 11.0 Å². The van der Waals surface area contributed by atoms with Gasteiger partial charge in [0, 0.05) is 24.0 Å². The molecule has 1 aromatic carbocycles. The molecule has 0 radical (unpaired) electrons. The fraction of sp³-hybridized carbons (Fsp3) is 0.400. The van der Waals surface area contributed by atoms with Crippen LogP contribution in [0.2, 0.25) is 5.02 Å². The summed E-state index contributed by atoms with van der Waals surface area (Å²) in [6.45, 7) is 0.263. The van der Waals surface area contributed by atoms with Gasteiger partial charge in [-0.1, -0.05) is 11.6 Å². The van der Waals surface area contributed by atoms with Gasteiger partial charge < -0.3 is 16.0 Å². The molecule has 2 rings (SSSR count). The number of likely N-dealkylation sites (tertiary alicyclic amines) is 1. The van der Waals surface area contributed by atoms with E-state index in [0.29, 0.717) is 18.9 Å². The van der Waals surface area contributed by atoms with Gasteiger partial charge in [-0.05, 0) is 31.0 Å². The number of hydrogen-bond acceptors (Lipinski definition) is 3.